The molecule has 0 saturated heterocycles. The van der Waals surface area contributed by atoms with E-state index < -0.39 is 0 Å². The Balaban J connectivity index is 1.21. The van der Waals surface area contributed by atoms with E-state index in [0.717, 1.165) is 38.6 Å². The maximum absolute atomic E-state index is 5.66. The summed E-state index contributed by atoms with van der Waals surface area (Å²) >= 11 is 0. The number of rotatable bonds is 3. The normalized spacial score (nSPS) is 12.3. The van der Waals surface area contributed by atoms with E-state index in [4.69, 9.17) is 9.97 Å². The minimum Gasteiger partial charge on any atom is -0.308 e. The van der Waals surface area contributed by atoms with E-state index >= 15 is 0 Å². The number of benzene rings is 9. The van der Waals surface area contributed by atoms with Crippen LogP contribution < -0.4 is 0 Å². The monoisotopic (exact) mass is 710 g/mol. The summed E-state index contributed by atoms with van der Waals surface area (Å²) in [4.78, 5) is 11.2. The Bertz CT molecular complexity index is 3740. The zero-order valence-corrected chi connectivity index (χ0v) is 30.1. The van der Waals surface area contributed by atoms with Crippen molar-refractivity contribution < 1.29 is 0 Å². The van der Waals surface area contributed by atoms with Gasteiger partial charge in [-0.2, -0.15) is 0 Å². The molecule has 0 N–H and O–H groups in total. The van der Waals surface area contributed by atoms with Gasteiger partial charge in [-0.15, -0.1) is 0 Å². The summed E-state index contributed by atoms with van der Waals surface area (Å²) in [6.45, 7) is 0. The van der Waals surface area contributed by atoms with Crippen LogP contribution in [0.5, 0.6) is 0 Å². The fourth-order valence-corrected chi connectivity index (χ4v) is 9.55. The number of nitrogens with zero attached hydrogens (tertiary/aromatic N) is 4. The highest BCUT2D eigenvalue weighted by atomic mass is 15.2. The maximum Gasteiger partial charge on any atom is 0.235 e. The molecule has 0 atom stereocenters. The summed E-state index contributed by atoms with van der Waals surface area (Å²) in [5.41, 5.74) is 11.1. The Morgan fingerprint density at radius 2 is 0.946 bits per heavy atom. The standard InChI is InChI=1S/C52H30N4/c1-2-12-31(13-3-1)32-22-24-34(25-23-32)49-47-37-17-7-6-14-33(37)26-27-43(47)53-52(54-49)56-46-29-36-16-5-4-15-35(36)28-40(46)42-30-41-38-18-8-10-20-44(38)55-45-21-11-9-19-39(45)48(50(41)55)51(42)56/h1-30H. The van der Waals surface area contributed by atoms with Crippen molar-refractivity contribution in [3.63, 3.8) is 0 Å². The van der Waals surface area contributed by atoms with Gasteiger partial charge in [0.15, 0.2) is 0 Å². The van der Waals surface area contributed by atoms with Crippen LogP contribution in [0.3, 0.4) is 0 Å². The van der Waals surface area contributed by atoms with Gasteiger partial charge in [-0.1, -0.05) is 146 Å². The molecule has 4 heterocycles. The first-order chi connectivity index (χ1) is 27.8. The molecule has 0 unspecified atom stereocenters. The van der Waals surface area contributed by atoms with Crippen LogP contribution in [0.2, 0.25) is 0 Å². The lowest BCUT2D eigenvalue weighted by atomic mass is 9.98. The molecule has 4 aromatic heterocycles. The molecule has 0 radical (unpaired) electrons. The van der Waals surface area contributed by atoms with E-state index in [9.17, 15) is 0 Å². The van der Waals surface area contributed by atoms with Crippen LogP contribution in [0.1, 0.15) is 0 Å². The van der Waals surface area contributed by atoms with Gasteiger partial charge in [-0.25, -0.2) is 9.97 Å². The van der Waals surface area contributed by atoms with Gasteiger partial charge in [-0.05, 0) is 69.1 Å². The summed E-state index contributed by atoms with van der Waals surface area (Å²) < 4.78 is 4.81. The molecule has 13 aromatic rings. The van der Waals surface area contributed by atoms with E-state index in [2.05, 4.69) is 191 Å². The second kappa shape index (κ2) is 11.0. The van der Waals surface area contributed by atoms with Crippen LogP contribution >= 0.6 is 0 Å². The van der Waals surface area contributed by atoms with Crippen molar-refractivity contribution in [2.24, 2.45) is 0 Å². The number of fused-ring (bicyclic) bond motifs is 14. The largest absolute Gasteiger partial charge is 0.308 e. The van der Waals surface area contributed by atoms with Crippen LogP contribution in [-0.2, 0) is 0 Å². The molecule has 0 aliphatic rings. The fourth-order valence-electron chi connectivity index (χ4n) is 9.55. The number of hydrogen-bond donors (Lipinski definition) is 0. The van der Waals surface area contributed by atoms with Crippen LogP contribution in [0, 0.1) is 0 Å². The Labute approximate surface area is 320 Å². The number of para-hydroxylation sites is 2. The van der Waals surface area contributed by atoms with Gasteiger partial charge < -0.3 is 4.40 Å². The third kappa shape index (κ3) is 3.97. The average Bonchev–Trinajstić information content (AvgIpc) is 3.90. The van der Waals surface area contributed by atoms with Gasteiger partial charge in [0.05, 0.1) is 38.8 Å². The Morgan fingerprint density at radius 3 is 1.75 bits per heavy atom. The van der Waals surface area contributed by atoms with E-state index in [1.165, 1.54) is 76.2 Å². The summed E-state index contributed by atoms with van der Waals surface area (Å²) in [7, 11) is 0. The molecule has 13 rings (SSSR count). The van der Waals surface area contributed by atoms with E-state index in [1.54, 1.807) is 0 Å². The first kappa shape index (κ1) is 29.8. The lowest BCUT2D eigenvalue weighted by molar-refractivity contribution is 1.02. The summed E-state index contributed by atoms with van der Waals surface area (Å²) in [6, 6.07) is 65.8. The second-order valence-corrected chi connectivity index (χ2v) is 15.0. The molecular weight excluding hydrogens is 681 g/mol. The predicted molar refractivity (Wildman–Crippen MR) is 234 cm³/mol. The zero-order chi connectivity index (χ0) is 36.5. The van der Waals surface area contributed by atoms with E-state index in [-0.39, 0.29) is 0 Å². The first-order valence-electron chi connectivity index (χ1n) is 19.2. The quantitative estimate of drug-likeness (QED) is 0.171. The lowest BCUT2D eigenvalue weighted by Crippen LogP contribution is -2.04. The highest BCUT2D eigenvalue weighted by Crippen LogP contribution is 2.47. The Kier molecular flexibility index (Phi) is 5.86. The van der Waals surface area contributed by atoms with Gasteiger partial charge in [0.1, 0.15) is 0 Å². The number of hydrogen-bond acceptors (Lipinski definition) is 2. The van der Waals surface area contributed by atoms with Crippen molar-refractivity contribution in [2.45, 2.75) is 0 Å². The molecule has 4 nitrogen and oxygen atoms in total. The van der Waals surface area contributed by atoms with Crippen LogP contribution in [0.15, 0.2) is 182 Å². The molecule has 56 heavy (non-hydrogen) atoms. The minimum absolute atomic E-state index is 0.660. The summed E-state index contributed by atoms with van der Waals surface area (Å²) in [5, 5.41) is 13.1. The third-order valence-corrected chi connectivity index (χ3v) is 12.0. The van der Waals surface area contributed by atoms with Gasteiger partial charge >= 0.3 is 0 Å². The SMILES string of the molecule is c1ccc(-c2ccc(-c3nc(-n4c5cc6ccccc6cc5c5cc6c7ccccc7n7c8ccccc8c(c54)c67)nc4ccc5ccccc5c34)cc2)cc1. The highest BCUT2D eigenvalue weighted by Gasteiger charge is 2.26. The van der Waals surface area contributed by atoms with Gasteiger partial charge in [0.2, 0.25) is 5.95 Å². The first-order valence-corrected chi connectivity index (χ1v) is 19.2. The molecule has 0 saturated carbocycles. The van der Waals surface area contributed by atoms with Crippen molar-refractivity contribution in [1.29, 1.82) is 0 Å². The molecule has 0 amide bonds. The molecule has 0 fully saturated rings. The topological polar surface area (TPSA) is 35.1 Å². The van der Waals surface area contributed by atoms with Crippen molar-refractivity contribution in [3.8, 4) is 28.3 Å². The molecule has 258 valence electrons. The maximum atomic E-state index is 5.66. The van der Waals surface area contributed by atoms with Gasteiger partial charge in [-0.3, -0.25) is 4.57 Å². The highest BCUT2D eigenvalue weighted by molar-refractivity contribution is 6.34. The molecule has 4 heteroatoms. The molecule has 0 aliphatic heterocycles. The smallest absolute Gasteiger partial charge is 0.235 e. The van der Waals surface area contributed by atoms with Crippen molar-refractivity contribution in [2.75, 3.05) is 0 Å². The third-order valence-electron chi connectivity index (χ3n) is 12.0. The van der Waals surface area contributed by atoms with Crippen LogP contribution in [0.25, 0.3) is 121 Å². The van der Waals surface area contributed by atoms with Crippen molar-refractivity contribution in [1.82, 2.24) is 18.9 Å². The summed E-state index contributed by atoms with van der Waals surface area (Å²) in [6.07, 6.45) is 0. The second-order valence-electron chi connectivity index (χ2n) is 15.0. The van der Waals surface area contributed by atoms with Gasteiger partial charge in [0, 0.05) is 43.3 Å². The van der Waals surface area contributed by atoms with Crippen LogP contribution in [-0.4, -0.2) is 18.9 Å². The van der Waals surface area contributed by atoms with Gasteiger partial charge in [0.25, 0.3) is 0 Å². The minimum atomic E-state index is 0.660. The average molecular weight is 711 g/mol. The van der Waals surface area contributed by atoms with Crippen molar-refractivity contribution >= 4 is 92.3 Å². The molecule has 0 bridgehead atoms. The summed E-state index contributed by atoms with van der Waals surface area (Å²) in [5.74, 6) is 0.660. The molecule has 9 aromatic carbocycles. The van der Waals surface area contributed by atoms with Crippen molar-refractivity contribution in [3.05, 3.63) is 182 Å². The van der Waals surface area contributed by atoms with E-state index in [1.807, 2.05) is 0 Å². The fraction of sp³-hybridized carbons (Fsp3) is 0. The number of aromatic nitrogens is 4. The Morgan fingerprint density at radius 1 is 0.339 bits per heavy atom. The lowest BCUT2D eigenvalue weighted by Gasteiger charge is -2.14. The molecular formula is C52H30N4. The van der Waals surface area contributed by atoms with E-state index in [0.29, 0.717) is 5.95 Å². The van der Waals surface area contributed by atoms with Crippen LogP contribution in [0.4, 0.5) is 0 Å². The predicted octanol–water partition coefficient (Wildman–Crippen LogP) is 13.5. The molecule has 0 aliphatic carbocycles. The zero-order valence-electron chi connectivity index (χ0n) is 30.1. The Hall–Kier alpha value is -7.56. The molecule has 0 spiro atoms.